The van der Waals surface area contributed by atoms with E-state index in [9.17, 15) is 5.11 Å². The molecule has 0 aromatic heterocycles. The minimum absolute atomic E-state index is 0.304. The number of hydrogen-bond donors (Lipinski definition) is 1. The maximum Gasteiger partial charge on any atom is 0.132 e. The van der Waals surface area contributed by atoms with Gasteiger partial charge in [0.05, 0.1) is 0 Å². The summed E-state index contributed by atoms with van der Waals surface area (Å²) in [4.78, 5) is 10.5. The molecule has 4 nitrogen and oxygen atoms in total. The molecule has 4 heteroatoms. The van der Waals surface area contributed by atoms with Gasteiger partial charge in [0.25, 0.3) is 0 Å². The van der Waals surface area contributed by atoms with Gasteiger partial charge in [-0.15, -0.1) is 0 Å². The summed E-state index contributed by atoms with van der Waals surface area (Å²) in [5, 5.41) is 10.2. The molecule has 0 fully saturated rings. The SMILES string of the molecule is CC=C/C=C\C(C)=N/C=C(\C=C(/C)C1C=CC(C(O)N(C)C)=CC1)C(/C)=C\C=NC. The number of likely N-dealkylation sites (N-methyl/N-ethyl adjacent to an activating group) is 1. The summed E-state index contributed by atoms with van der Waals surface area (Å²) in [5.74, 6) is 0.304. The van der Waals surface area contributed by atoms with Crippen LogP contribution < -0.4 is 0 Å². The summed E-state index contributed by atoms with van der Waals surface area (Å²) < 4.78 is 0. The van der Waals surface area contributed by atoms with Crippen molar-refractivity contribution in [2.24, 2.45) is 15.9 Å². The molecule has 1 aliphatic rings. The lowest BCUT2D eigenvalue weighted by Gasteiger charge is -2.24. The Bertz CT molecular complexity index is 830. The third-order valence-electron chi connectivity index (χ3n) is 4.86. The van der Waals surface area contributed by atoms with E-state index in [0.717, 1.165) is 28.9 Å². The molecule has 0 saturated carbocycles. The largest absolute Gasteiger partial charge is 0.374 e. The van der Waals surface area contributed by atoms with Crippen molar-refractivity contribution in [1.82, 2.24) is 4.90 Å². The van der Waals surface area contributed by atoms with Crippen LogP contribution in [0.25, 0.3) is 0 Å². The number of aliphatic hydroxyl groups is 1. The first-order valence-electron chi connectivity index (χ1n) is 10.3. The maximum atomic E-state index is 10.2. The van der Waals surface area contributed by atoms with Crippen LogP contribution in [0.3, 0.4) is 0 Å². The van der Waals surface area contributed by atoms with Crippen LogP contribution in [0.4, 0.5) is 0 Å². The summed E-state index contributed by atoms with van der Waals surface area (Å²) in [6, 6.07) is 0. The lowest BCUT2D eigenvalue weighted by Crippen LogP contribution is -2.29. The summed E-state index contributed by atoms with van der Waals surface area (Å²) in [5.41, 5.74) is 5.31. The number of aliphatic hydroxyl groups excluding tert-OH is 1. The molecule has 2 atom stereocenters. The summed E-state index contributed by atoms with van der Waals surface area (Å²) >= 11 is 0. The van der Waals surface area contributed by atoms with Crippen molar-refractivity contribution in [3.63, 3.8) is 0 Å². The Kier molecular flexibility index (Phi) is 11.6. The van der Waals surface area contributed by atoms with Gasteiger partial charge in [0, 0.05) is 31.1 Å². The molecule has 0 saturated heterocycles. The van der Waals surface area contributed by atoms with Crippen molar-refractivity contribution in [3.8, 4) is 0 Å². The van der Waals surface area contributed by atoms with E-state index in [1.165, 1.54) is 5.57 Å². The van der Waals surface area contributed by atoms with Gasteiger partial charge >= 0.3 is 0 Å². The van der Waals surface area contributed by atoms with Gasteiger partial charge in [-0.2, -0.15) is 0 Å². The van der Waals surface area contributed by atoms with Crippen LogP contribution in [0.2, 0.25) is 0 Å². The molecule has 1 rings (SSSR count). The highest BCUT2D eigenvalue weighted by atomic mass is 16.3. The average Bonchev–Trinajstić information content (AvgIpc) is 2.74. The first-order valence-corrected chi connectivity index (χ1v) is 10.3. The van der Waals surface area contributed by atoms with E-state index in [4.69, 9.17) is 0 Å². The van der Waals surface area contributed by atoms with Crippen LogP contribution in [0.5, 0.6) is 0 Å². The van der Waals surface area contributed by atoms with Gasteiger partial charge in [-0.05, 0) is 77.1 Å². The molecule has 1 N–H and O–H groups in total. The van der Waals surface area contributed by atoms with E-state index < -0.39 is 6.23 Å². The van der Waals surface area contributed by atoms with Crippen molar-refractivity contribution < 1.29 is 5.11 Å². The van der Waals surface area contributed by atoms with E-state index in [1.54, 1.807) is 18.2 Å². The van der Waals surface area contributed by atoms with E-state index in [0.29, 0.717) is 5.92 Å². The molecular formula is C26H37N3O. The van der Waals surface area contributed by atoms with Crippen LogP contribution in [0, 0.1) is 5.92 Å². The molecule has 0 aromatic rings. The Morgan fingerprint density at radius 3 is 2.53 bits per heavy atom. The molecular weight excluding hydrogens is 370 g/mol. The number of aliphatic imine (C=N–C) groups is 2. The fourth-order valence-electron chi connectivity index (χ4n) is 2.87. The molecule has 0 spiro atoms. The Balaban J connectivity index is 3.11. The number of allylic oxidation sites excluding steroid dienone is 11. The predicted octanol–water partition coefficient (Wildman–Crippen LogP) is 5.44. The monoisotopic (exact) mass is 407 g/mol. The molecule has 2 unspecified atom stereocenters. The minimum atomic E-state index is -0.562. The van der Waals surface area contributed by atoms with Gasteiger partial charge in [-0.3, -0.25) is 14.9 Å². The second-order valence-electron chi connectivity index (χ2n) is 7.63. The highest BCUT2D eigenvalue weighted by Crippen LogP contribution is 2.27. The third kappa shape index (κ3) is 8.85. The van der Waals surface area contributed by atoms with Gasteiger partial charge in [0.2, 0.25) is 0 Å². The fourth-order valence-corrected chi connectivity index (χ4v) is 2.87. The Labute approximate surface area is 182 Å². The van der Waals surface area contributed by atoms with Crippen LogP contribution in [-0.2, 0) is 0 Å². The van der Waals surface area contributed by atoms with Crippen molar-refractivity contribution in [3.05, 3.63) is 83.2 Å². The second kappa shape index (κ2) is 13.6. The molecule has 1 aliphatic carbocycles. The zero-order chi connectivity index (χ0) is 22.5. The third-order valence-corrected chi connectivity index (χ3v) is 4.86. The molecule has 162 valence electrons. The van der Waals surface area contributed by atoms with Gasteiger partial charge in [0.15, 0.2) is 0 Å². The maximum absolute atomic E-state index is 10.2. The zero-order valence-corrected chi connectivity index (χ0v) is 19.5. The van der Waals surface area contributed by atoms with E-state index in [1.807, 2.05) is 70.6 Å². The molecule has 0 heterocycles. The molecule has 30 heavy (non-hydrogen) atoms. The van der Waals surface area contributed by atoms with Crippen molar-refractivity contribution >= 4 is 11.9 Å². The van der Waals surface area contributed by atoms with Gasteiger partial charge in [-0.1, -0.05) is 48.1 Å². The summed E-state index contributed by atoms with van der Waals surface area (Å²) in [7, 11) is 5.51. The van der Waals surface area contributed by atoms with Crippen LogP contribution in [-0.4, -0.2) is 49.3 Å². The van der Waals surface area contributed by atoms with Gasteiger partial charge in [0.1, 0.15) is 6.23 Å². The van der Waals surface area contributed by atoms with Crippen LogP contribution >= 0.6 is 0 Å². The van der Waals surface area contributed by atoms with Crippen LogP contribution in [0.15, 0.2) is 93.2 Å². The van der Waals surface area contributed by atoms with E-state index >= 15 is 0 Å². The molecule has 0 amide bonds. The smallest absolute Gasteiger partial charge is 0.132 e. The normalized spacial score (nSPS) is 20.8. The lowest BCUT2D eigenvalue weighted by atomic mass is 9.88. The number of rotatable bonds is 9. The van der Waals surface area contributed by atoms with Gasteiger partial charge < -0.3 is 5.11 Å². The first-order chi connectivity index (χ1) is 14.3. The number of hydrogen-bond acceptors (Lipinski definition) is 4. The Morgan fingerprint density at radius 1 is 1.23 bits per heavy atom. The fraction of sp³-hybridized carbons (Fsp3) is 0.385. The van der Waals surface area contributed by atoms with Crippen molar-refractivity contribution in [2.45, 2.75) is 40.3 Å². The highest BCUT2D eigenvalue weighted by molar-refractivity contribution is 5.93. The van der Waals surface area contributed by atoms with Crippen LogP contribution in [0.1, 0.15) is 34.1 Å². The molecule has 0 bridgehead atoms. The molecule has 0 aliphatic heterocycles. The quantitative estimate of drug-likeness (QED) is 0.314. The Hall–Kier alpha value is -2.56. The van der Waals surface area contributed by atoms with Crippen molar-refractivity contribution in [1.29, 1.82) is 0 Å². The van der Waals surface area contributed by atoms with E-state index in [-0.39, 0.29) is 0 Å². The zero-order valence-electron chi connectivity index (χ0n) is 19.5. The average molecular weight is 408 g/mol. The van der Waals surface area contributed by atoms with Crippen molar-refractivity contribution in [2.75, 3.05) is 21.1 Å². The predicted molar refractivity (Wildman–Crippen MR) is 132 cm³/mol. The highest BCUT2D eigenvalue weighted by Gasteiger charge is 2.16. The topological polar surface area (TPSA) is 48.2 Å². The second-order valence-corrected chi connectivity index (χ2v) is 7.63. The minimum Gasteiger partial charge on any atom is -0.374 e. The lowest BCUT2D eigenvalue weighted by molar-refractivity contribution is 0.0754. The molecule has 0 radical (unpaired) electrons. The summed E-state index contributed by atoms with van der Waals surface area (Å²) in [6.07, 6.45) is 22.5. The Morgan fingerprint density at radius 2 is 1.97 bits per heavy atom. The number of nitrogens with zero attached hydrogens (tertiary/aromatic N) is 3. The van der Waals surface area contributed by atoms with E-state index in [2.05, 4.69) is 42.1 Å². The summed E-state index contributed by atoms with van der Waals surface area (Å²) in [6.45, 7) is 8.20. The van der Waals surface area contributed by atoms with Gasteiger partial charge in [-0.25, -0.2) is 0 Å². The molecule has 0 aromatic carbocycles. The standard InChI is InChI=1S/C26H37N3O/c1-8-9-10-11-22(4)28-19-25(20(2)16-17-27-5)18-21(3)23-12-14-24(15-13-23)26(30)29(6)7/h8-12,14-19,23,26,30H,13H2,1-7H3/b9-8?,11-10-,20-16-,21-18+,25-19+,27-17?,28-22-. The first kappa shape index (κ1) is 25.5.